The van der Waals surface area contributed by atoms with Crippen LogP contribution in [0.2, 0.25) is 0 Å². The monoisotopic (exact) mass is 279 g/mol. The fourth-order valence-corrected chi connectivity index (χ4v) is 1.66. The third-order valence-corrected chi connectivity index (χ3v) is 2.67. The van der Waals surface area contributed by atoms with Crippen LogP contribution in [-0.4, -0.2) is 25.2 Å². The molecule has 0 radical (unpaired) electrons. The molecule has 1 atom stereocenters. The Morgan fingerprint density at radius 1 is 1.30 bits per heavy atom. The van der Waals surface area contributed by atoms with Crippen LogP contribution in [-0.2, 0) is 0 Å². The summed E-state index contributed by atoms with van der Waals surface area (Å²) in [6.45, 7) is 8.91. The molecule has 1 aromatic carbocycles. The molecule has 108 valence electrons. The van der Waals surface area contributed by atoms with Crippen LogP contribution in [0.4, 0.5) is 5.69 Å². The van der Waals surface area contributed by atoms with Gasteiger partial charge in [-0.2, -0.15) is 0 Å². The lowest BCUT2D eigenvalue weighted by Crippen LogP contribution is -2.10. The molecule has 0 aliphatic heterocycles. The Morgan fingerprint density at radius 2 is 1.95 bits per heavy atom. The van der Waals surface area contributed by atoms with Crippen molar-refractivity contribution in [1.29, 1.82) is 0 Å². The molecule has 0 aromatic heterocycles. The molecular formula is C14H17NO5. The summed E-state index contributed by atoms with van der Waals surface area (Å²) in [6.07, 6.45) is 2.57. The summed E-state index contributed by atoms with van der Waals surface area (Å²) in [5.74, 6) is 0.494. The van der Waals surface area contributed by atoms with Gasteiger partial charge in [-0.15, -0.1) is 0 Å². The molecule has 0 aliphatic rings. The largest absolute Gasteiger partial charge is 0.493 e. The van der Waals surface area contributed by atoms with Crippen LogP contribution in [0.1, 0.15) is 12.5 Å². The highest BCUT2D eigenvalue weighted by Gasteiger charge is 2.28. The second kappa shape index (κ2) is 6.60. The molecule has 0 heterocycles. The first-order valence-electron chi connectivity index (χ1n) is 5.85. The van der Waals surface area contributed by atoms with Crippen LogP contribution in [0.3, 0.4) is 0 Å². The number of hydrogen-bond acceptors (Lipinski definition) is 5. The average molecular weight is 279 g/mol. The first-order chi connectivity index (χ1) is 9.49. The van der Waals surface area contributed by atoms with E-state index in [1.807, 2.05) is 0 Å². The van der Waals surface area contributed by atoms with Crippen molar-refractivity contribution in [2.45, 2.75) is 13.0 Å². The highest BCUT2D eigenvalue weighted by atomic mass is 16.6. The summed E-state index contributed by atoms with van der Waals surface area (Å²) in [4.78, 5) is 10.7. The van der Waals surface area contributed by atoms with Gasteiger partial charge in [0, 0.05) is 0 Å². The topological polar surface area (TPSA) is 70.8 Å². The number of benzene rings is 1. The molecule has 0 aliphatic carbocycles. The van der Waals surface area contributed by atoms with Crippen molar-refractivity contribution in [2.75, 3.05) is 14.2 Å². The van der Waals surface area contributed by atoms with Crippen molar-refractivity contribution in [1.82, 2.24) is 0 Å². The number of nitro benzene ring substituents is 1. The van der Waals surface area contributed by atoms with E-state index >= 15 is 0 Å². The normalized spacial score (nSPS) is 11.3. The molecule has 0 N–H and O–H groups in total. The molecule has 0 fully saturated rings. The highest BCUT2D eigenvalue weighted by molar-refractivity contribution is 5.74. The van der Waals surface area contributed by atoms with Gasteiger partial charge in [0.15, 0.2) is 5.75 Å². The predicted molar refractivity (Wildman–Crippen MR) is 76.6 cm³/mol. The molecule has 1 unspecified atom stereocenters. The molecule has 1 aromatic rings. The predicted octanol–water partition coefficient (Wildman–Crippen LogP) is 3.21. The van der Waals surface area contributed by atoms with E-state index in [0.29, 0.717) is 11.3 Å². The van der Waals surface area contributed by atoms with Crippen molar-refractivity contribution in [2.24, 2.45) is 0 Å². The van der Waals surface area contributed by atoms with E-state index in [2.05, 4.69) is 13.2 Å². The summed E-state index contributed by atoms with van der Waals surface area (Å²) < 4.78 is 15.9. The molecule has 6 heteroatoms. The fourth-order valence-electron chi connectivity index (χ4n) is 1.66. The molecule has 0 spiro atoms. The maximum atomic E-state index is 11.2. The smallest absolute Gasteiger partial charge is 0.322 e. The van der Waals surface area contributed by atoms with Gasteiger partial charge >= 0.3 is 5.69 Å². The molecule has 0 bridgehead atoms. The van der Waals surface area contributed by atoms with Gasteiger partial charge in [-0.05, 0) is 13.0 Å². The summed E-state index contributed by atoms with van der Waals surface area (Å²) in [5.41, 5.74) is 0.0804. The number of hydrogen-bond donors (Lipinski definition) is 0. The number of rotatable bonds is 7. The lowest BCUT2D eigenvalue weighted by Gasteiger charge is -2.18. The Morgan fingerprint density at radius 3 is 2.35 bits per heavy atom. The number of ether oxygens (including phenoxy) is 3. The Balaban J connectivity index is 3.61. The van der Waals surface area contributed by atoms with Gasteiger partial charge in [-0.25, -0.2) is 0 Å². The number of methoxy groups -OCH3 is 2. The third-order valence-electron chi connectivity index (χ3n) is 2.67. The van der Waals surface area contributed by atoms with Crippen molar-refractivity contribution in [3.05, 3.63) is 41.0 Å². The van der Waals surface area contributed by atoms with Crippen LogP contribution in [0.15, 0.2) is 25.3 Å². The zero-order chi connectivity index (χ0) is 15.3. The first kappa shape index (κ1) is 15.6. The fraction of sp³-hybridized carbons (Fsp3) is 0.286. The van der Waals surface area contributed by atoms with Crippen molar-refractivity contribution in [3.63, 3.8) is 0 Å². The third kappa shape index (κ3) is 2.90. The molecule has 1 rings (SSSR count). The summed E-state index contributed by atoms with van der Waals surface area (Å²) >= 11 is 0. The molecule has 0 saturated heterocycles. The Labute approximate surface area is 117 Å². The summed E-state index contributed by atoms with van der Waals surface area (Å²) in [6, 6.07) is 1.48. The Kier molecular flexibility index (Phi) is 5.14. The van der Waals surface area contributed by atoms with E-state index in [-0.39, 0.29) is 23.3 Å². The SMILES string of the molecule is C=Cc1cc(OC)c(OC(C)C=C)c(OC)c1[N+](=O)[O-]. The van der Waals surface area contributed by atoms with Gasteiger partial charge in [0.2, 0.25) is 11.5 Å². The van der Waals surface area contributed by atoms with Crippen LogP contribution in [0.25, 0.3) is 6.08 Å². The van der Waals surface area contributed by atoms with Crippen LogP contribution in [0.5, 0.6) is 17.2 Å². The standard InChI is InChI=1S/C14H17NO5/c1-6-9(3)20-13-11(18-4)8-10(7-2)12(15(16)17)14(13)19-5/h6-9H,1-2H2,3-5H3. The van der Waals surface area contributed by atoms with E-state index in [4.69, 9.17) is 14.2 Å². The summed E-state index contributed by atoms with van der Waals surface area (Å²) in [7, 11) is 2.78. The second-order valence-electron chi connectivity index (χ2n) is 3.90. The highest BCUT2D eigenvalue weighted by Crippen LogP contribution is 2.47. The number of nitro groups is 1. The van der Waals surface area contributed by atoms with Gasteiger partial charge in [0.1, 0.15) is 6.10 Å². The minimum atomic E-state index is -0.541. The zero-order valence-electron chi connectivity index (χ0n) is 11.7. The minimum Gasteiger partial charge on any atom is -0.493 e. The average Bonchev–Trinajstić information content (AvgIpc) is 2.45. The van der Waals surface area contributed by atoms with Gasteiger partial charge in [0.25, 0.3) is 0 Å². The van der Waals surface area contributed by atoms with Gasteiger partial charge < -0.3 is 14.2 Å². The maximum absolute atomic E-state index is 11.2. The van der Waals surface area contributed by atoms with E-state index < -0.39 is 4.92 Å². The van der Waals surface area contributed by atoms with E-state index in [9.17, 15) is 10.1 Å². The Bertz CT molecular complexity index is 539. The number of nitrogens with zero attached hydrogens (tertiary/aromatic N) is 1. The molecule has 20 heavy (non-hydrogen) atoms. The molecule has 0 amide bonds. The lowest BCUT2D eigenvalue weighted by molar-refractivity contribution is -0.386. The first-order valence-corrected chi connectivity index (χ1v) is 5.85. The Hall–Kier alpha value is -2.50. The lowest BCUT2D eigenvalue weighted by atomic mass is 10.1. The van der Waals surface area contributed by atoms with E-state index in [1.54, 1.807) is 13.0 Å². The molecule has 0 saturated carbocycles. The van der Waals surface area contributed by atoms with Crippen molar-refractivity contribution >= 4 is 11.8 Å². The van der Waals surface area contributed by atoms with Gasteiger partial charge in [-0.3, -0.25) is 10.1 Å². The van der Waals surface area contributed by atoms with Crippen molar-refractivity contribution in [3.8, 4) is 17.2 Å². The second-order valence-corrected chi connectivity index (χ2v) is 3.90. The van der Waals surface area contributed by atoms with E-state index in [0.717, 1.165) is 0 Å². The summed E-state index contributed by atoms with van der Waals surface area (Å²) in [5, 5.41) is 11.2. The van der Waals surface area contributed by atoms with Crippen molar-refractivity contribution < 1.29 is 19.1 Å². The van der Waals surface area contributed by atoms with Crippen LogP contribution in [0, 0.1) is 10.1 Å². The zero-order valence-corrected chi connectivity index (χ0v) is 11.7. The van der Waals surface area contributed by atoms with Crippen LogP contribution >= 0.6 is 0 Å². The van der Waals surface area contributed by atoms with Crippen LogP contribution < -0.4 is 14.2 Å². The molecular weight excluding hydrogens is 262 g/mol. The maximum Gasteiger partial charge on any atom is 0.322 e. The van der Waals surface area contributed by atoms with E-state index in [1.165, 1.54) is 26.4 Å². The van der Waals surface area contributed by atoms with Gasteiger partial charge in [-0.1, -0.05) is 25.3 Å². The molecule has 6 nitrogen and oxygen atoms in total. The van der Waals surface area contributed by atoms with Gasteiger partial charge in [0.05, 0.1) is 24.7 Å². The minimum absolute atomic E-state index is 0.00190. The quantitative estimate of drug-likeness (QED) is 0.435.